The maximum atomic E-state index is 6.23. The topological polar surface area (TPSA) is 41.7 Å². The lowest BCUT2D eigenvalue weighted by Gasteiger charge is -2.43. The fraction of sp³-hybridized carbons (Fsp3) is 1.00. The number of piperazine rings is 1. The van der Waals surface area contributed by atoms with Gasteiger partial charge in [0.05, 0.1) is 5.60 Å². The van der Waals surface area contributed by atoms with E-state index < -0.39 is 0 Å². The van der Waals surface area contributed by atoms with E-state index >= 15 is 0 Å². The molecule has 1 unspecified atom stereocenters. The summed E-state index contributed by atoms with van der Waals surface area (Å²) in [6.07, 6.45) is 0. The van der Waals surface area contributed by atoms with Crippen molar-refractivity contribution in [1.29, 1.82) is 0 Å². The van der Waals surface area contributed by atoms with Gasteiger partial charge in [-0.15, -0.1) is 0 Å². The molecule has 18 heavy (non-hydrogen) atoms. The molecule has 0 aromatic carbocycles. The van der Waals surface area contributed by atoms with E-state index in [2.05, 4.69) is 44.4 Å². The summed E-state index contributed by atoms with van der Waals surface area (Å²) in [7, 11) is 1.73. The number of rotatable bonds is 4. The van der Waals surface area contributed by atoms with Crippen molar-refractivity contribution in [2.45, 2.75) is 51.8 Å². The zero-order valence-corrected chi connectivity index (χ0v) is 13.0. The standard InChI is InChI=1S/C14H31N3O/c1-13(2,3)17-9-7-16(8-10-17)11-12(15)14(4,5)18-6/h12H,7-11,15H2,1-6H3. The zero-order valence-electron chi connectivity index (χ0n) is 13.0. The van der Waals surface area contributed by atoms with Crippen LogP contribution in [0, 0.1) is 0 Å². The first-order valence-electron chi connectivity index (χ1n) is 6.95. The molecule has 0 aromatic heterocycles. The molecule has 1 aliphatic heterocycles. The molecule has 108 valence electrons. The highest BCUT2D eigenvalue weighted by Gasteiger charge is 2.30. The van der Waals surface area contributed by atoms with Gasteiger partial charge < -0.3 is 10.5 Å². The lowest BCUT2D eigenvalue weighted by atomic mass is 9.98. The van der Waals surface area contributed by atoms with E-state index in [1.807, 2.05) is 0 Å². The first kappa shape index (κ1) is 15.9. The van der Waals surface area contributed by atoms with Crippen molar-refractivity contribution in [2.24, 2.45) is 5.73 Å². The summed E-state index contributed by atoms with van der Waals surface area (Å²) in [6, 6.07) is 0.0590. The number of ether oxygens (including phenoxy) is 1. The van der Waals surface area contributed by atoms with Gasteiger partial charge in [0.2, 0.25) is 0 Å². The summed E-state index contributed by atoms with van der Waals surface area (Å²) >= 11 is 0. The van der Waals surface area contributed by atoms with Crippen molar-refractivity contribution in [3.05, 3.63) is 0 Å². The third kappa shape index (κ3) is 4.19. The molecule has 4 heteroatoms. The van der Waals surface area contributed by atoms with Crippen molar-refractivity contribution in [3.8, 4) is 0 Å². The van der Waals surface area contributed by atoms with Crippen molar-refractivity contribution >= 4 is 0 Å². The number of hydrogen-bond donors (Lipinski definition) is 1. The van der Waals surface area contributed by atoms with Gasteiger partial charge >= 0.3 is 0 Å². The highest BCUT2D eigenvalue weighted by molar-refractivity contribution is 4.88. The minimum absolute atomic E-state index is 0.0590. The fourth-order valence-corrected chi connectivity index (χ4v) is 2.25. The Morgan fingerprint density at radius 3 is 1.94 bits per heavy atom. The zero-order chi connectivity index (χ0) is 14.0. The molecule has 0 radical (unpaired) electrons. The smallest absolute Gasteiger partial charge is 0.0785 e. The Kier molecular flexibility index (Phi) is 5.18. The SMILES string of the molecule is COC(C)(C)C(N)CN1CCN(C(C)(C)C)CC1. The van der Waals surface area contributed by atoms with Crippen LogP contribution in [0.2, 0.25) is 0 Å². The molecule has 1 rings (SSSR count). The third-order valence-corrected chi connectivity index (χ3v) is 4.19. The van der Waals surface area contributed by atoms with Crippen molar-refractivity contribution in [3.63, 3.8) is 0 Å². The van der Waals surface area contributed by atoms with Gasteiger partial charge in [0, 0.05) is 51.4 Å². The Labute approximate surface area is 112 Å². The second kappa shape index (κ2) is 5.87. The first-order valence-corrected chi connectivity index (χ1v) is 6.95. The van der Waals surface area contributed by atoms with Crippen LogP contribution in [0.4, 0.5) is 0 Å². The lowest BCUT2D eigenvalue weighted by molar-refractivity contribution is -0.0165. The molecule has 4 nitrogen and oxygen atoms in total. The van der Waals surface area contributed by atoms with Crippen LogP contribution >= 0.6 is 0 Å². The van der Waals surface area contributed by atoms with Gasteiger partial charge in [-0.25, -0.2) is 0 Å². The Bertz CT molecular complexity index is 252. The molecule has 1 heterocycles. The van der Waals surface area contributed by atoms with Crippen molar-refractivity contribution < 1.29 is 4.74 Å². The molecule has 0 saturated carbocycles. The number of nitrogens with zero attached hydrogens (tertiary/aromatic N) is 2. The van der Waals surface area contributed by atoms with Crippen LogP contribution in [0.5, 0.6) is 0 Å². The molecule has 1 saturated heterocycles. The summed E-state index contributed by atoms with van der Waals surface area (Å²) in [4.78, 5) is 4.99. The summed E-state index contributed by atoms with van der Waals surface area (Å²) in [5.41, 5.74) is 6.26. The van der Waals surface area contributed by atoms with Crippen LogP contribution in [0.25, 0.3) is 0 Å². The first-order chi connectivity index (χ1) is 8.16. The minimum atomic E-state index is -0.249. The van der Waals surface area contributed by atoms with Crippen molar-refractivity contribution in [2.75, 3.05) is 39.8 Å². The predicted molar refractivity (Wildman–Crippen MR) is 76.8 cm³/mol. The molecule has 1 aliphatic rings. The Balaban J connectivity index is 2.41. The second-order valence-corrected chi connectivity index (χ2v) is 6.87. The predicted octanol–water partition coefficient (Wildman–Crippen LogP) is 1.15. The molecular weight excluding hydrogens is 226 g/mol. The van der Waals surface area contributed by atoms with Crippen LogP contribution in [-0.4, -0.2) is 66.8 Å². The van der Waals surface area contributed by atoms with Gasteiger partial charge in [-0.1, -0.05) is 0 Å². The minimum Gasteiger partial charge on any atom is -0.377 e. The maximum Gasteiger partial charge on any atom is 0.0785 e. The lowest BCUT2D eigenvalue weighted by Crippen LogP contribution is -2.58. The average Bonchev–Trinajstić information content (AvgIpc) is 2.28. The summed E-state index contributed by atoms with van der Waals surface area (Å²) < 4.78 is 5.45. The molecule has 1 atom stereocenters. The average molecular weight is 257 g/mol. The van der Waals surface area contributed by atoms with Crippen LogP contribution in [0.1, 0.15) is 34.6 Å². The monoisotopic (exact) mass is 257 g/mol. The molecule has 0 amide bonds. The maximum absolute atomic E-state index is 6.23. The van der Waals surface area contributed by atoms with Gasteiger partial charge in [-0.2, -0.15) is 0 Å². The van der Waals surface area contributed by atoms with Crippen LogP contribution in [-0.2, 0) is 4.74 Å². The Morgan fingerprint density at radius 2 is 1.56 bits per heavy atom. The molecule has 0 aromatic rings. The summed E-state index contributed by atoms with van der Waals surface area (Å²) in [6.45, 7) is 16.3. The molecular formula is C14H31N3O. The van der Waals surface area contributed by atoms with E-state index in [1.165, 1.54) is 0 Å². The molecule has 2 N–H and O–H groups in total. The highest BCUT2D eigenvalue weighted by atomic mass is 16.5. The molecule has 1 fully saturated rings. The highest BCUT2D eigenvalue weighted by Crippen LogP contribution is 2.17. The second-order valence-electron chi connectivity index (χ2n) is 6.87. The van der Waals surface area contributed by atoms with E-state index in [0.29, 0.717) is 0 Å². The van der Waals surface area contributed by atoms with E-state index in [4.69, 9.17) is 10.5 Å². The number of nitrogens with two attached hydrogens (primary N) is 1. The number of methoxy groups -OCH3 is 1. The summed E-state index contributed by atoms with van der Waals surface area (Å²) in [5, 5.41) is 0. The normalized spacial score (nSPS) is 22.2. The van der Waals surface area contributed by atoms with E-state index in [0.717, 1.165) is 32.7 Å². The van der Waals surface area contributed by atoms with Gasteiger partial charge in [-0.3, -0.25) is 9.80 Å². The van der Waals surface area contributed by atoms with E-state index in [-0.39, 0.29) is 17.2 Å². The molecule has 0 spiro atoms. The van der Waals surface area contributed by atoms with Crippen molar-refractivity contribution in [1.82, 2.24) is 9.80 Å². The van der Waals surface area contributed by atoms with E-state index in [9.17, 15) is 0 Å². The van der Waals surface area contributed by atoms with Crippen LogP contribution in [0.3, 0.4) is 0 Å². The van der Waals surface area contributed by atoms with Crippen LogP contribution < -0.4 is 5.73 Å². The summed E-state index contributed by atoms with van der Waals surface area (Å²) in [5.74, 6) is 0. The van der Waals surface area contributed by atoms with E-state index in [1.54, 1.807) is 7.11 Å². The molecule has 0 aliphatic carbocycles. The third-order valence-electron chi connectivity index (χ3n) is 4.19. The van der Waals surface area contributed by atoms with Gasteiger partial charge in [0.15, 0.2) is 0 Å². The molecule has 0 bridgehead atoms. The van der Waals surface area contributed by atoms with Gasteiger partial charge in [-0.05, 0) is 34.6 Å². The Hall–Kier alpha value is -0.160. The van der Waals surface area contributed by atoms with Gasteiger partial charge in [0.25, 0.3) is 0 Å². The fourth-order valence-electron chi connectivity index (χ4n) is 2.25. The largest absolute Gasteiger partial charge is 0.377 e. The number of hydrogen-bond acceptors (Lipinski definition) is 4. The quantitative estimate of drug-likeness (QED) is 0.820. The van der Waals surface area contributed by atoms with Gasteiger partial charge in [0.1, 0.15) is 0 Å². The Morgan fingerprint density at radius 1 is 1.06 bits per heavy atom. The van der Waals surface area contributed by atoms with Crippen LogP contribution in [0.15, 0.2) is 0 Å².